The second-order valence-electron chi connectivity index (χ2n) is 7.25. The molecule has 1 aliphatic rings. The number of aromatic nitrogens is 5. The highest BCUT2D eigenvalue weighted by Crippen LogP contribution is 2.26. The molecular formula is C19H24N6O2S. The molecule has 4 rings (SSSR count). The minimum Gasteiger partial charge on any atom is -0.351 e. The number of carbonyl (C=O) groups excluding carboxylic acids is 1. The normalized spacial score (nSPS) is 14.1. The Labute approximate surface area is 166 Å². The Hall–Kier alpha value is -2.55. The van der Waals surface area contributed by atoms with Crippen molar-refractivity contribution >= 4 is 27.5 Å². The van der Waals surface area contributed by atoms with Crippen molar-refractivity contribution < 1.29 is 4.79 Å². The smallest absolute Gasteiger partial charge is 0.262 e. The number of nitrogens with zero attached hydrogens (tertiary/aromatic N) is 5. The quantitative estimate of drug-likeness (QED) is 0.661. The number of carbonyl (C=O) groups is 1. The number of hydrogen-bond donors (Lipinski definition) is 1. The lowest BCUT2D eigenvalue weighted by molar-refractivity contribution is 0.0956. The Bertz CT molecular complexity index is 1080. The molecule has 0 saturated carbocycles. The van der Waals surface area contributed by atoms with Crippen LogP contribution >= 0.6 is 11.3 Å². The Balaban J connectivity index is 1.39. The molecule has 3 aromatic rings. The molecule has 0 unspecified atom stereocenters. The van der Waals surface area contributed by atoms with E-state index in [2.05, 4.69) is 25.1 Å². The SMILES string of the molecule is Cc1c(C(=O)NCCCc2nnc3n2CCCCC3)sc2ncn(C)c(=O)c12. The monoisotopic (exact) mass is 400 g/mol. The molecule has 0 spiro atoms. The standard InChI is InChI=1S/C19H24N6O2S/c1-12-15-18(21-11-24(2)19(15)27)28-16(12)17(26)20-9-6-8-14-23-22-13-7-4-3-5-10-25(13)14/h11H,3-10H2,1-2H3,(H,20,26). The van der Waals surface area contributed by atoms with E-state index < -0.39 is 0 Å². The van der Waals surface area contributed by atoms with Gasteiger partial charge in [-0.1, -0.05) is 6.42 Å². The van der Waals surface area contributed by atoms with E-state index in [1.165, 1.54) is 41.5 Å². The summed E-state index contributed by atoms with van der Waals surface area (Å²) in [5, 5.41) is 12.2. The maximum atomic E-state index is 12.6. The summed E-state index contributed by atoms with van der Waals surface area (Å²) in [7, 11) is 1.66. The Morgan fingerprint density at radius 1 is 1.29 bits per heavy atom. The van der Waals surface area contributed by atoms with E-state index in [4.69, 9.17) is 0 Å². The number of rotatable bonds is 5. The van der Waals surface area contributed by atoms with Gasteiger partial charge in [-0.15, -0.1) is 21.5 Å². The van der Waals surface area contributed by atoms with Gasteiger partial charge < -0.3 is 14.5 Å². The van der Waals surface area contributed by atoms with Gasteiger partial charge in [0.2, 0.25) is 0 Å². The van der Waals surface area contributed by atoms with Crippen LogP contribution in [0.3, 0.4) is 0 Å². The van der Waals surface area contributed by atoms with E-state index in [0.717, 1.165) is 37.5 Å². The van der Waals surface area contributed by atoms with Crippen LogP contribution < -0.4 is 10.9 Å². The van der Waals surface area contributed by atoms with Gasteiger partial charge in [-0.3, -0.25) is 9.59 Å². The van der Waals surface area contributed by atoms with Crippen LogP contribution in [0, 0.1) is 6.92 Å². The summed E-state index contributed by atoms with van der Waals surface area (Å²) in [6.45, 7) is 3.36. The molecule has 8 nitrogen and oxygen atoms in total. The first kappa shape index (κ1) is 18.8. The fraction of sp³-hybridized carbons (Fsp3) is 0.526. The van der Waals surface area contributed by atoms with Crippen molar-refractivity contribution in [2.45, 2.75) is 52.0 Å². The lowest BCUT2D eigenvalue weighted by atomic mass is 10.2. The third-order valence-electron chi connectivity index (χ3n) is 5.27. The predicted molar refractivity (Wildman–Crippen MR) is 108 cm³/mol. The van der Waals surface area contributed by atoms with Crippen LogP contribution in [0.4, 0.5) is 0 Å². The molecule has 0 radical (unpaired) electrons. The van der Waals surface area contributed by atoms with Gasteiger partial charge in [-0.25, -0.2) is 4.98 Å². The van der Waals surface area contributed by atoms with Crippen molar-refractivity contribution in [3.05, 3.63) is 38.8 Å². The van der Waals surface area contributed by atoms with Crippen molar-refractivity contribution in [2.75, 3.05) is 6.54 Å². The maximum absolute atomic E-state index is 12.6. The summed E-state index contributed by atoms with van der Waals surface area (Å²) in [6.07, 6.45) is 7.68. The van der Waals surface area contributed by atoms with Crippen molar-refractivity contribution in [3.8, 4) is 0 Å². The van der Waals surface area contributed by atoms with Crippen LogP contribution in [0.25, 0.3) is 10.2 Å². The van der Waals surface area contributed by atoms with Gasteiger partial charge in [0.05, 0.1) is 16.6 Å². The maximum Gasteiger partial charge on any atom is 0.262 e. The highest BCUT2D eigenvalue weighted by Gasteiger charge is 2.19. The van der Waals surface area contributed by atoms with Gasteiger partial charge in [0, 0.05) is 33.0 Å². The second-order valence-corrected chi connectivity index (χ2v) is 8.25. The minimum atomic E-state index is -0.150. The average molecular weight is 401 g/mol. The molecule has 1 amide bonds. The van der Waals surface area contributed by atoms with E-state index in [0.29, 0.717) is 27.2 Å². The van der Waals surface area contributed by atoms with Crippen molar-refractivity contribution in [3.63, 3.8) is 0 Å². The van der Waals surface area contributed by atoms with Gasteiger partial charge >= 0.3 is 0 Å². The lowest BCUT2D eigenvalue weighted by Crippen LogP contribution is -2.25. The van der Waals surface area contributed by atoms with Crippen LogP contribution in [0.5, 0.6) is 0 Å². The van der Waals surface area contributed by atoms with E-state index in [1.54, 1.807) is 7.05 Å². The molecule has 0 saturated heterocycles. The zero-order chi connectivity index (χ0) is 19.7. The van der Waals surface area contributed by atoms with Crippen molar-refractivity contribution in [2.24, 2.45) is 7.05 Å². The largest absolute Gasteiger partial charge is 0.351 e. The molecule has 0 atom stereocenters. The fourth-order valence-corrected chi connectivity index (χ4v) is 4.74. The number of aryl methyl sites for hydroxylation is 4. The molecule has 9 heteroatoms. The Kier molecular flexibility index (Phi) is 5.25. The molecule has 1 aliphatic heterocycles. The number of nitrogens with one attached hydrogen (secondary N) is 1. The lowest BCUT2D eigenvalue weighted by Gasteiger charge is -2.07. The Morgan fingerprint density at radius 2 is 2.14 bits per heavy atom. The summed E-state index contributed by atoms with van der Waals surface area (Å²) in [4.78, 5) is 30.3. The van der Waals surface area contributed by atoms with E-state index in [1.807, 2.05) is 6.92 Å². The molecule has 28 heavy (non-hydrogen) atoms. The molecule has 3 aromatic heterocycles. The van der Waals surface area contributed by atoms with E-state index in [-0.39, 0.29) is 11.5 Å². The molecule has 1 N–H and O–H groups in total. The van der Waals surface area contributed by atoms with Gasteiger partial charge in [0.1, 0.15) is 16.5 Å². The highest BCUT2D eigenvalue weighted by atomic mass is 32.1. The zero-order valence-corrected chi connectivity index (χ0v) is 17.0. The third-order valence-corrected chi connectivity index (χ3v) is 6.46. The molecule has 4 heterocycles. The first-order chi connectivity index (χ1) is 13.6. The van der Waals surface area contributed by atoms with Crippen molar-refractivity contribution in [1.29, 1.82) is 0 Å². The molecule has 0 aliphatic carbocycles. The van der Waals surface area contributed by atoms with Gasteiger partial charge in [0.25, 0.3) is 11.5 Å². The number of hydrogen-bond acceptors (Lipinski definition) is 6. The third kappa shape index (κ3) is 3.46. The van der Waals surface area contributed by atoms with Gasteiger partial charge in [-0.2, -0.15) is 0 Å². The predicted octanol–water partition coefficient (Wildman–Crippen LogP) is 1.98. The number of amides is 1. The van der Waals surface area contributed by atoms with Gasteiger partial charge in [0.15, 0.2) is 0 Å². The van der Waals surface area contributed by atoms with Crippen molar-refractivity contribution in [1.82, 2.24) is 29.6 Å². The summed E-state index contributed by atoms with van der Waals surface area (Å²) in [5.41, 5.74) is 0.583. The summed E-state index contributed by atoms with van der Waals surface area (Å²) in [6, 6.07) is 0. The number of thiophene rings is 1. The first-order valence-corrected chi connectivity index (χ1v) is 10.5. The molecule has 0 bridgehead atoms. The molecule has 148 valence electrons. The van der Waals surface area contributed by atoms with E-state index in [9.17, 15) is 9.59 Å². The highest BCUT2D eigenvalue weighted by molar-refractivity contribution is 7.20. The summed E-state index contributed by atoms with van der Waals surface area (Å²) >= 11 is 1.27. The summed E-state index contributed by atoms with van der Waals surface area (Å²) < 4.78 is 3.68. The van der Waals surface area contributed by atoms with E-state index >= 15 is 0 Å². The second kappa shape index (κ2) is 7.83. The van der Waals surface area contributed by atoms with Crippen LogP contribution in [-0.2, 0) is 26.4 Å². The van der Waals surface area contributed by atoms with Crippen LogP contribution in [-0.4, -0.2) is 36.8 Å². The molecule has 0 fully saturated rings. The number of fused-ring (bicyclic) bond motifs is 2. The molecule has 0 aromatic carbocycles. The van der Waals surface area contributed by atoms with Crippen LogP contribution in [0.1, 0.15) is 52.6 Å². The topological polar surface area (TPSA) is 94.7 Å². The van der Waals surface area contributed by atoms with Crippen LogP contribution in [0.2, 0.25) is 0 Å². The first-order valence-electron chi connectivity index (χ1n) is 9.70. The van der Waals surface area contributed by atoms with Gasteiger partial charge in [-0.05, 0) is 31.7 Å². The minimum absolute atomic E-state index is 0.120. The zero-order valence-electron chi connectivity index (χ0n) is 16.2. The average Bonchev–Trinajstić information content (AvgIpc) is 3.13. The summed E-state index contributed by atoms with van der Waals surface area (Å²) in [5.74, 6) is 1.95. The Morgan fingerprint density at radius 3 is 3.00 bits per heavy atom. The fourth-order valence-electron chi connectivity index (χ4n) is 3.68. The van der Waals surface area contributed by atoms with Crippen LogP contribution in [0.15, 0.2) is 11.1 Å². The molecular weight excluding hydrogens is 376 g/mol.